The lowest BCUT2D eigenvalue weighted by Gasteiger charge is -2.16. The molecule has 0 aromatic heterocycles. The maximum absolute atomic E-state index is 10.9. The van der Waals surface area contributed by atoms with Crippen LogP contribution in [-0.2, 0) is 6.54 Å². The third kappa shape index (κ3) is 2.98. The number of hydrogen-bond acceptors (Lipinski definition) is 4. The Morgan fingerprint density at radius 1 is 1.50 bits per heavy atom. The van der Waals surface area contributed by atoms with Crippen LogP contribution < -0.4 is 5.32 Å². The largest absolute Gasteiger partial charge is 0.380 e. The molecule has 0 heterocycles. The second kappa shape index (κ2) is 5.35. The van der Waals surface area contributed by atoms with Crippen LogP contribution in [0.1, 0.15) is 25.3 Å². The molecule has 98 valence electrons. The van der Waals surface area contributed by atoms with E-state index in [2.05, 4.69) is 17.3 Å². The van der Waals surface area contributed by atoms with Gasteiger partial charge in [-0.15, -0.1) is 0 Å². The second-order valence-electron chi connectivity index (χ2n) is 4.79. The first-order valence-corrected chi connectivity index (χ1v) is 6.33. The van der Waals surface area contributed by atoms with E-state index in [4.69, 9.17) is 0 Å². The van der Waals surface area contributed by atoms with Crippen molar-refractivity contribution >= 4 is 11.4 Å². The smallest absolute Gasteiger partial charge is 0.292 e. The van der Waals surface area contributed by atoms with Crippen molar-refractivity contribution in [1.29, 1.82) is 0 Å². The van der Waals surface area contributed by atoms with Gasteiger partial charge in [-0.05, 0) is 38.4 Å². The van der Waals surface area contributed by atoms with Crippen molar-refractivity contribution in [2.24, 2.45) is 0 Å². The molecule has 0 aliphatic heterocycles. The number of nitro groups is 1. The van der Waals surface area contributed by atoms with Crippen molar-refractivity contribution in [1.82, 2.24) is 4.90 Å². The third-order valence-electron chi connectivity index (χ3n) is 3.23. The molecule has 0 radical (unpaired) electrons. The summed E-state index contributed by atoms with van der Waals surface area (Å²) in [5.41, 5.74) is 1.88. The van der Waals surface area contributed by atoms with Crippen molar-refractivity contribution < 1.29 is 4.92 Å². The molecule has 5 nitrogen and oxygen atoms in total. The number of nitro benzene ring substituents is 1. The minimum atomic E-state index is -0.341. The molecular weight excluding hydrogens is 230 g/mol. The minimum absolute atomic E-state index is 0.148. The monoisotopic (exact) mass is 249 g/mol. The van der Waals surface area contributed by atoms with E-state index in [1.807, 2.05) is 19.1 Å². The lowest BCUT2D eigenvalue weighted by atomic mass is 10.1. The van der Waals surface area contributed by atoms with E-state index in [1.165, 1.54) is 12.8 Å². The van der Waals surface area contributed by atoms with Gasteiger partial charge in [0.15, 0.2) is 0 Å². The number of nitrogens with zero attached hydrogens (tertiary/aromatic N) is 2. The zero-order chi connectivity index (χ0) is 13.1. The normalized spacial score (nSPS) is 14.8. The van der Waals surface area contributed by atoms with Crippen LogP contribution in [-0.4, -0.2) is 29.5 Å². The van der Waals surface area contributed by atoms with E-state index in [0.29, 0.717) is 18.3 Å². The predicted molar refractivity (Wildman–Crippen MR) is 71.7 cm³/mol. The minimum Gasteiger partial charge on any atom is -0.380 e. The van der Waals surface area contributed by atoms with Crippen LogP contribution in [0.2, 0.25) is 0 Å². The van der Waals surface area contributed by atoms with Gasteiger partial charge in [0.25, 0.3) is 5.69 Å². The van der Waals surface area contributed by atoms with Gasteiger partial charge in [0.1, 0.15) is 5.69 Å². The summed E-state index contributed by atoms with van der Waals surface area (Å²) in [6.45, 7) is 3.47. The Balaban J connectivity index is 2.16. The van der Waals surface area contributed by atoms with Gasteiger partial charge in [-0.3, -0.25) is 15.0 Å². The van der Waals surface area contributed by atoms with Crippen LogP contribution in [0.25, 0.3) is 0 Å². The highest BCUT2D eigenvalue weighted by atomic mass is 16.6. The molecule has 18 heavy (non-hydrogen) atoms. The maximum atomic E-state index is 10.9. The summed E-state index contributed by atoms with van der Waals surface area (Å²) in [6.07, 6.45) is 2.53. The Morgan fingerprint density at radius 3 is 2.78 bits per heavy atom. The molecule has 1 aromatic rings. The summed E-state index contributed by atoms with van der Waals surface area (Å²) in [5, 5.41) is 14.0. The lowest BCUT2D eigenvalue weighted by molar-refractivity contribution is -0.384. The Labute approximate surface area is 107 Å². The summed E-state index contributed by atoms with van der Waals surface area (Å²) in [7, 11) is 2.10. The molecule has 1 aromatic carbocycles. The van der Waals surface area contributed by atoms with Gasteiger partial charge in [-0.2, -0.15) is 0 Å². The van der Waals surface area contributed by atoms with Gasteiger partial charge in [0.2, 0.25) is 0 Å². The molecule has 0 saturated heterocycles. The van der Waals surface area contributed by atoms with Gasteiger partial charge in [-0.25, -0.2) is 0 Å². The summed E-state index contributed by atoms with van der Waals surface area (Å²) in [4.78, 5) is 12.9. The van der Waals surface area contributed by atoms with E-state index >= 15 is 0 Å². The molecule has 0 spiro atoms. The summed E-state index contributed by atoms with van der Waals surface area (Å²) >= 11 is 0. The standard InChI is InChI=1S/C13H19N3O2/c1-3-14-12-8-10(4-7-13(12)16(17)18)9-15(2)11-5-6-11/h4,7-8,11,14H,3,5-6,9H2,1-2H3. The molecule has 0 amide bonds. The summed E-state index contributed by atoms with van der Waals surface area (Å²) in [6, 6.07) is 6.02. The fraction of sp³-hybridized carbons (Fsp3) is 0.538. The quantitative estimate of drug-likeness (QED) is 0.622. The maximum Gasteiger partial charge on any atom is 0.292 e. The first-order chi connectivity index (χ1) is 8.61. The van der Waals surface area contributed by atoms with Crippen molar-refractivity contribution in [3.8, 4) is 0 Å². The van der Waals surface area contributed by atoms with Crippen LogP contribution in [0, 0.1) is 10.1 Å². The van der Waals surface area contributed by atoms with E-state index in [-0.39, 0.29) is 10.6 Å². The Bertz CT molecular complexity index is 444. The topological polar surface area (TPSA) is 58.4 Å². The number of anilines is 1. The molecule has 0 atom stereocenters. The summed E-state index contributed by atoms with van der Waals surface area (Å²) in [5.74, 6) is 0. The number of benzene rings is 1. The van der Waals surface area contributed by atoms with Crippen molar-refractivity contribution in [2.45, 2.75) is 32.4 Å². The van der Waals surface area contributed by atoms with Gasteiger partial charge in [0, 0.05) is 25.2 Å². The number of hydrogen-bond donors (Lipinski definition) is 1. The zero-order valence-electron chi connectivity index (χ0n) is 10.8. The highest BCUT2D eigenvalue weighted by molar-refractivity contribution is 5.62. The Hall–Kier alpha value is -1.62. The van der Waals surface area contributed by atoms with Crippen LogP contribution >= 0.6 is 0 Å². The SMILES string of the molecule is CCNc1cc(CN(C)C2CC2)ccc1[N+](=O)[O-]. The van der Waals surface area contributed by atoms with Crippen molar-refractivity contribution in [3.05, 3.63) is 33.9 Å². The van der Waals surface area contributed by atoms with E-state index in [9.17, 15) is 10.1 Å². The average Bonchev–Trinajstić information content (AvgIpc) is 3.13. The Morgan fingerprint density at radius 2 is 2.22 bits per heavy atom. The number of nitrogens with one attached hydrogen (secondary N) is 1. The van der Waals surface area contributed by atoms with Crippen molar-refractivity contribution in [2.75, 3.05) is 18.9 Å². The van der Waals surface area contributed by atoms with E-state index < -0.39 is 0 Å². The lowest BCUT2D eigenvalue weighted by Crippen LogP contribution is -2.20. The van der Waals surface area contributed by atoms with Crippen LogP contribution in [0.15, 0.2) is 18.2 Å². The Kier molecular flexibility index (Phi) is 3.81. The van der Waals surface area contributed by atoms with Crippen LogP contribution in [0.4, 0.5) is 11.4 Å². The molecule has 1 fully saturated rings. The molecule has 0 bridgehead atoms. The highest BCUT2D eigenvalue weighted by Gasteiger charge is 2.26. The second-order valence-corrected chi connectivity index (χ2v) is 4.79. The molecule has 0 unspecified atom stereocenters. The fourth-order valence-corrected chi connectivity index (χ4v) is 2.11. The first kappa shape index (κ1) is 12.8. The molecule has 2 rings (SSSR count). The highest BCUT2D eigenvalue weighted by Crippen LogP contribution is 2.29. The zero-order valence-corrected chi connectivity index (χ0v) is 10.8. The van der Waals surface area contributed by atoms with Crippen LogP contribution in [0.5, 0.6) is 0 Å². The first-order valence-electron chi connectivity index (χ1n) is 6.33. The van der Waals surface area contributed by atoms with Crippen LogP contribution in [0.3, 0.4) is 0 Å². The molecule has 1 aliphatic carbocycles. The van der Waals surface area contributed by atoms with E-state index in [1.54, 1.807) is 6.07 Å². The summed E-state index contributed by atoms with van der Waals surface area (Å²) < 4.78 is 0. The predicted octanol–water partition coefficient (Wildman–Crippen LogP) is 2.62. The molecule has 1 aliphatic rings. The van der Waals surface area contributed by atoms with Gasteiger partial charge in [0.05, 0.1) is 4.92 Å². The van der Waals surface area contributed by atoms with E-state index in [0.717, 1.165) is 12.1 Å². The molecule has 1 N–H and O–H groups in total. The van der Waals surface area contributed by atoms with Crippen molar-refractivity contribution in [3.63, 3.8) is 0 Å². The molecule has 5 heteroatoms. The molecular formula is C13H19N3O2. The number of rotatable bonds is 6. The molecule has 1 saturated carbocycles. The fourth-order valence-electron chi connectivity index (χ4n) is 2.11. The van der Waals surface area contributed by atoms with Gasteiger partial charge >= 0.3 is 0 Å². The third-order valence-corrected chi connectivity index (χ3v) is 3.23. The average molecular weight is 249 g/mol. The van der Waals surface area contributed by atoms with Gasteiger partial charge < -0.3 is 5.32 Å². The van der Waals surface area contributed by atoms with Gasteiger partial charge in [-0.1, -0.05) is 6.07 Å².